The van der Waals surface area contributed by atoms with Crippen LogP contribution in [0.5, 0.6) is 5.75 Å². The van der Waals surface area contributed by atoms with Crippen LogP contribution < -0.4 is 15.4 Å². The number of anilines is 1. The van der Waals surface area contributed by atoms with Crippen molar-refractivity contribution in [3.05, 3.63) is 24.3 Å². The van der Waals surface area contributed by atoms with Crippen molar-refractivity contribution in [1.29, 1.82) is 0 Å². The van der Waals surface area contributed by atoms with Crippen LogP contribution in [0.1, 0.15) is 38.5 Å². The molecule has 0 bridgehead atoms. The molecule has 1 aromatic carbocycles. The lowest BCUT2D eigenvalue weighted by Gasteiger charge is -2.23. The fourth-order valence-corrected chi connectivity index (χ4v) is 3.18. The van der Waals surface area contributed by atoms with Crippen molar-refractivity contribution in [2.75, 3.05) is 18.4 Å². The summed E-state index contributed by atoms with van der Waals surface area (Å²) in [5.41, 5.74) is 0.813. The molecule has 0 unspecified atom stereocenters. The Morgan fingerprint density at radius 2 is 1.81 bits per heavy atom. The van der Waals surface area contributed by atoms with Gasteiger partial charge in [0.25, 0.3) is 0 Å². The first-order valence-corrected chi connectivity index (χ1v) is 8.10. The first-order valence-electron chi connectivity index (χ1n) is 8.10. The van der Waals surface area contributed by atoms with E-state index in [0.29, 0.717) is 6.10 Å². The number of carbonyl (C=O) groups excluding carboxylic acids is 1. The maximum atomic E-state index is 12.4. The van der Waals surface area contributed by atoms with Gasteiger partial charge in [0.15, 0.2) is 0 Å². The van der Waals surface area contributed by atoms with Gasteiger partial charge in [-0.25, -0.2) is 0 Å². The fourth-order valence-electron chi connectivity index (χ4n) is 3.18. The molecule has 1 heterocycles. The van der Waals surface area contributed by atoms with E-state index in [9.17, 15) is 4.79 Å². The van der Waals surface area contributed by atoms with Gasteiger partial charge in [-0.05, 0) is 63.7 Å². The van der Waals surface area contributed by atoms with Crippen LogP contribution in [0.25, 0.3) is 0 Å². The molecule has 1 aromatic rings. The van der Waals surface area contributed by atoms with Crippen molar-refractivity contribution in [2.45, 2.75) is 44.6 Å². The van der Waals surface area contributed by atoms with Gasteiger partial charge in [0, 0.05) is 5.92 Å². The largest absolute Gasteiger partial charge is 0.488 e. The van der Waals surface area contributed by atoms with Crippen LogP contribution in [0.4, 0.5) is 5.69 Å². The number of para-hydroxylation sites is 2. The van der Waals surface area contributed by atoms with E-state index in [1.807, 2.05) is 24.3 Å². The highest BCUT2D eigenvalue weighted by Crippen LogP contribution is 2.30. The fraction of sp³-hybridized carbons (Fsp3) is 0.588. The molecule has 2 aliphatic rings. The van der Waals surface area contributed by atoms with Crippen LogP contribution in [0, 0.1) is 5.92 Å². The van der Waals surface area contributed by atoms with Gasteiger partial charge in [-0.15, -0.1) is 0 Å². The molecule has 4 nitrogen and oxygen atoms in total. The lowest BCUT2D eigenvalue weighted by Crippen LogP contribution is -2.34. The third kappa shape index (κ3) is 3.76. The Bertz CT molecular complexity index is 477. The van der Waals surface area contributed by atoms with Crippen LogP contribution in [0.2, 0.25) is 0 Å². The minimum atomic E-state index is 0.116. The minimum Gasteiger partial charge on any atom is -0.488 e. The Kier molecular flexibility index (Phi) is 4.76. The molecule has 2 fully saturated rings. The van der Waals surface area contributed by atoms with Crippen LogP contribution in [0.15, 0.2) is 24.3 Å². The van der Waals surface area contributed by atoms with E-state index in [0.717, 1.165) is 50.2 Å². The van der Waals surface area contributed by atoms with E-state index in [-0.39, 0.29) is 11.8 Å². The zero-order valence-corrected chi connectivity index (χ0v) is 12.4. The van der Waals surface area contributed by atoms with Crippen LogP contribution in [-0.4, -0.2) is 25.1 Å². The van der Waals surface area contributed by atoms with E-state index in [2.05, 4.69) is 10.6 Å². The zero-order valence-electron chi connectivity index (χ0n) is 12.4. The van der Waals surface area contributed by atoms with Gasteiger partial charge in [0.1, 0.15) is 5.75 Å². The molecule has 1 amide bonds. The van der Waals surface area contributed by atoms with Crippen molar-refractivity contribution in [3.8, 4) is 5.75 Å². The number of amides is 1. The number of piperidine rings is 1. The molecule has 0 spiro atoms. The standard InChI is InChI=1S/C17H24N2O2/c20-17(13-9-11-18-12-10-13)19-15-7-3-4-8-16(15)21-14-5-1-2-6-14/h3-4,7-8,13-14,18H,1-2,5-6,9-12H2,(H,19,20). The van der Waals surface area contributed by atoms with Crippen molar-refractivity contribution in [2.24, 2.45) is 5.92 Å². The van der Waals surface area contributed by atoms with Gasteiger partial charge in [-0.2, -0.15) is 0 Å². The number of hydrogen-bond donors (Lipinski definition) is 2. The van der Waals surface area contributed by atoms with E-state index in [1.165, 1.54) is 12.8 Å². The Morgan fingerprint density at radius 1 is 1.10 bits per heavy atom. The maximum Gasteiger partial charge on any atom is 0.227 e. The monoisotopic (exact) mass is 288 g/mol. The summed E-state index contributed by atoms with van der Waals surface area (Å²) in [4.78, 5) is 12.4. The van der Waals surface area contributed by atoms with Crippen molar-refractivity contribution < 1.29 is 9.53 Å². The first kappa shape index (κ1) is 14.4. The van der Waals surface area contributed by atoms with Crippen LogP contribution in [0.3, 0.4) is 0 Å². The summed E-state index contributed by atoms with van der Waals surface area (Å²) in [6, 6.07) is 7.80. The van der Waals surface area contributed by atoms with E-state index in [1.54, 1.807) is 0 Å². The van der Waals surface area contributed by atoms with E-state index >= 15 is 0 Å². The molecule has 1 saturated heterocycles. The summed E-state index contributed by atoms with van der Waals surface area (Å²) < 4.78 is 6.07. The molecule has 1 aliphatic carbocycles. The molecular formula is C17H24N2O2. The summed E-state index contributed by atoms with van der Waals surface area (Å²) in [6.45, 7) is 1.86. The highest BCUT2D eigenvalue weighted by atomic mass is 16.5. The molecule has 2 N–H and O–H groups in total. The molecule has 0 aromatic heterocycles. The van der Waals surface area contributed by atoms with Crippen LogP contribution >= 0.6 is 0 Å². The second-order valence-electron chi connectivity index (χ2n) is 6.03. The van der Waals surface area contributed by atoms with Crippen molar-refractivity contribution in [1.82, 2.24) is 5.32 Å². The van der Waals surface area contributed by atoms with E-state index in [4.69, 9.17) is 4.74 Å². The van der Waals surface area contributed by atoms with Gasteiger partial charge in [0.05, 0.1) is 11.8 Å². The predicted octanol–water partition coefficient (Wildman–Crippen LogP) is 2.95. The molecule has 1 saturated carbocycles. The molecule has 0 radical (unpaired) electrons. The highest BCUT2D eigenvalue weighted by Gasteiger charge is 2.23. The number of carbonyl (C=O) groups is 1. The maximum absolute atomic E-state index is 12.4. The van der Waals surface area contributed by atoms with Gasteiger partial charge < -0.3 is 15.4 Å². The molecule has 3 rings (SSSR count). The smallest absolute Gasteiger partial charge is 0.227 e. The summed E-state index contributed by atoms with van der Waals surface area (Å²) in [5.74, 6) is 1.05. The van der Waals surface area contributed by atoms with Gasteiger partial charge in [0.2, 0.25) is 5.91 Å². The lowest BCUT2D eigenvalue weighted by molar-refractivity contribution is -0.120. The summed E-state index contributed by atoms with van der Waals surface area (Å²) in [7, 11) is 0. The summed E-state index contributed by atoms with van der Waals surface area (Å²) in [5, 5.41) is 6.35. The van der Waals surface area contributed by atoms with Gasteiger partial charge >= 0.3 is 0 Å². The van der Waals surface area contributed by atoms with Crippen LogP contribution in [-0.2, 0) is 4.79 Å². The number of hydrogen-bond acceptors (Lipinski definition) is 3. The molecule has 114 valence electrons. The van der Waals surface area contributed by atoms with Gasteiger partial charge in [-0.1, -0.05) is 12.1 Å². The van der Waals surface area contributed by atoms with Gasteiger partial charge in [-0.3, -0.25) is 4.79 Å². The highest BCUT2D eigenvalue weighted by molar-refractivity contribution is 5.94. The Hall–Kier alpha value is -1.55. The lowest BCUT2D eigenvalue weighted by atomic mass is 9.97. The third-order valence-corrected chi connectivity index (χ3v) is 4.45. The number of nitrogens with one attached hydrogen (secondary N) is 2. The molecular weight excluding hydrogens is 264 g/mol. The average Bonchev–Trinajstić information content (AvgIpc) is 3.03. The topological polar surface area (TPSA) is 50.4 Å². The Labute approximate surface area is 126 Å². The normalized spacial score (nSPS) is 20.4. The minimum absolute atomic E-state index is 0.116. The second kappa shape index (κ2) is 6.94. The quantitative estimate of drug-likeness (QED) is 0.895. The summed E-state index contributed by atoms with van der Waals surface area (Å²) in [6.07, 6.45) is 6.87. The first-order chi connectivity index (χ1) is 10.3. The Balaban J connectivity index is 1.65. The second-order valence-corrected chi connectivity index (χ2v) is 6.03. The molecule has 1 aliphatic heterocycles. The molecule has 4 heteroatoms. The predicted molar refractivity (Wildman–Crippen MR) is 83.5 cm³/mol. The van der Waals surface area contributed by atoms with Crippen molar-refractivity contribution >= 4 is 11.6 Å². The molecule has 0 atom stereocenters. The SMILES string of the molecule is O=C(Nc1ccccc1OC1CCCC1)C1CCNCC1. The number of ether oxygens (including phenoxy) is 1. The zero-order chi connectivity index (χ0) is 14.5. The molecule has 21 heavy (non-hydrogen) atoms. The van der Waals surface area contributed by atoms with Crippen molar-refractivity contribution in [3.63, 3.8) is 0 Å². The van der Waals surface area contributed by atoms with E-state index < -0.39 is 0 Å². The average molecular weight is 288 g/mol. The third-order valence-electron chi connectivity index (χ3n) is 4.45. The number of benzene rings is 1. The summed E-state index contributed by atoms with van der Waals surface area (Å²) >= 11 is 0. The Morgan fingerprint density at radius 3 is 2.57 bits per heavy atom. The number of rotatable bonds is 4.